The zero-order valence-corrected chi connectivity index (χ0v) is 78.2. The fraction of sp³-hybridized carbons (Fsp3) is 0.319. The fourth-order valence-electron chi connectivity index (χ4n) is 16.1. The van der Waals surface area contributed by atoms with E-state index in [1.165, 1.54) is 57.0 Å². The normalized spacial score (nSPS) is 15.9. The van der Waals surface area contributed by atoms with Crippen molar-refractivity contribution in [3.05, 3.63) is 194 Å². The number of hydrogen-bond acceptors (Lipinski definition) is 29. The van der Waals surface area contributed by atoms with Gasteiger partial charge in [0.15, 0.2) is 0 Å². The number of halogens is 5. The van der Waals surface area contributed by atoms with E-state index in [9.17, 15) is 61.9 Å². The molecule has 8 heterocycles. The van der Waals surface area contributed by atoms with Crippen LogP contribution in [0.25, 0.3) is 21.5 Å². The topological polar surface area (TPSA) is 456 Å². The number of anilines is 9. The number of carbonyl (C=O) groups is 12. The third-order valence-corrected chi connectivity index (χ3v) is 24.8. The standard InChI is InChI=1S/C47H47Cl2N9O9.C26H29Cl2N7O5.C20H19N3O5.CH3F/c1-55(41(61)22-33-43(48)35(65-2)23-36(66-3)44(33)49)38-24-37(51-26-52-38)53-28-8-10-29(11-9-28)57-17-15-56(16-18-57)25-40(60)50-14-5-19-67-30-20-27-6-4-7-31-42(27)32(21-30)47(64)58(46(31)63)34-12-13-39(59)54-45(34)62;1-33(26(38)32-25-23(27)18(39-2)12-19(40-3)24(25)28)21-13-20(29-15-30-21)31-16-4-6-17(7-5-16)35-10-8-34(9-11-35)14-22(36)37;21-7-2-8-28-12-9-11-3-1-4-13-17(11)14(10-12)20(27)23(19(13)26)15-5-6-16(24)22-18(15)25;1-2/h4,6-11,20-21,23-24,26,34H,5,12-19,22,25H2,1-3H3,(H,50,60)(H,51,52,53)(H,54,59,62);4-7,12-13,15H,8-11,14H2,1-3H3,(H,32,38)(H,36,37)(H,29,30,31);1,3-4,9-10,15H,2,5-8,21H2,(H,22,24,25);1H3/i;;;1D. The van der Waals surface area contributed by atoms with Gasteiger partial charge in [-0.25, -0.2) is 24.7 Å². The minimum atomic E-state index is -1.09. The minimum Gasteiger partial charge on any atom is -0.495 e. The van der Waals surface area contributed by atoms with E-state index in [-0.39, 0.29) is 95.0 Å². The predicted molar refractivity (Wildman–Crippen MR) is 513 cm³/mol. The summed E-state index contributed by atoms with van der Waals surface area (Å²) in [6, 6.07) is 36.5. The summed E-state index contributed by atoms with van der Waals surface area (Å²) >= 11 is 25.8. The molecule has 0 radical (unpaired) electrons. The van der Waals surface area contributed by atoms with E-state index in [2.05, 4.69) is 66.5 Å². The van der Waals surface area contributed by atoms with E-state index in [0.717, 1.165) is 58.7 Å². The van der Waals surface area contributed by atoms with Crippen molar-refractivity contribution in [2.45, 2.75) is 57.0 Å². The average molecular weight is 1960 g/mol. The maximum Gasteiger partial charge on any atom is 0.327 e. The predicted octanol–water partition coefficient (Wildman–Crippen LogP) is 11.0. The molecule has 0 aliphatic carbocycles. The third-order valence-electron chi connectivity index (χ3n) is 23.2. The quantitative estimate of drug-likeness (QED) is 0.0153. The van der Waals surface area contributed by atoms with Gasteiger partial charge in [-0.2, -0.15) is 0 Å². The maximum atomic E-state index is 13.7. The van der Waals surface area contributed by atoms with Crippen LogP contribution in [0.1, 0.15) is 86.9 Å². The van der Waals surface area contributed by atoms with E-state index >= 15 is 0 Å². The fourth-order valence-corrected chi connectivity index (χ4v) is 17.3. The first-order valence-electron chi connectivity index (χ1n) is 43.9. The van der Waals surface area contributed by atoms with Crippen LogP contribution in [0.2, 0.25) is 20.1 Å². The van der Waals surface area contributed by atoms with Crippen LogP contribution in [0.5, 0.6) is 34.5 Å². The number of methoxy groups -OCH3 is 4. The summed E-state index contributed by atoms with van der Waals surface area (Å²) in [6.45, 7) is 7.63. The first-order valence-corrected chi connectivity index (χ1v) is 44.7. The number of imide groups is 4. The van der Waals surface area contributed by atoms with Crippen LogP contribution < -0.4 is 85.7 Å². The Bertz CT molecular complexity index is 6250. The molecular weight excluding hydrogens is 1860 g/mol. The number of amides is 12. The highest BCUT2D eigenvalue weighted by Crippen LogP contribution is 2.46. The largest absolute Gasteiger partial charge is 0.495 e. The molecule has 0 spiro atoms. The maximum absolute atomic E-state index is 13.7. The lowest BCUT2D eigenvalue weighted by Crippen LogP contribution is -2.57. The lowest BCUT2D eigenvalue weighted by Gasteiger charge is -2.35. The van der Waals surface area contributed by atoms with Crippen LogP contribution in [0, 0.1) is 0 Å². The molecule has 16 rings (SSSR count). The van der Waals surface area contributed by atoms with Crippen molar-refractivity contribution in [3.63, 3.8) is 0 Å². The molecule has 10 aromatic rings. The third kappa shape index (κ3) is 23.4. The number of urea groups is 1. The first kappa shape index (κ1) is 98.6. The molecule has 4 fully saturated rings. The second-order valence-corrected chi connectivity index (χ2v) is 33.3. The van der Waals surface area contributed by atoms with Crippen LogP contribution >= 0.6 is 46.4 Å². The molecule has 12 amide bonds. The number of alkyl halides is 1. The van der Waals surface area contributed by atoms with Crippen molar-refractivity contribution >= 4 is 191 Å². The number of ether oxygens (including phenoxy) is 6. The highest BCUT2D eigenvalue weighted by Gasteiger charge is 2.45. The molecule has 38 nitrogen and oxygen atoms in total. The van der Waals surface area contributed by atoms with Gasteiger partial charge in [0.25, 0.3) is 23.6 Å². The molecule has 2 unspecified atom stereocenters. The summed E-state index contributed by atoms with van der Waals surface area (Å²) < 4.78 is 48.4. The van der Waals surface area contributed by atoms with Crippen molar-refractivity contribution in [1.29, 1.82) is 0 Å². The Labute approximate surface area is 806 Å². The molecular formula is C94H98Cl4FN19O19. The van der Waals surface area contributed by atoms with Gasteiger partial charge in [0, 0.05) is 160 Å². The molecule has 0 bridgehead atoms. The average Bonchev–Trinajstić information content (AvgIpc) is 0.735. The number of nitrogens with two attached hydrogens (primary N) is 1. The van der Waals surface area contributed by atoms with Gasteiger partial charge in [0.1, 0.15) is 92.6 Å². The monoisotopic (exact) mass is 1960 g/mol. The molecule has 0 saturated carbocycles. The summed E-state index contributed by atoms with van der Waals surface area (Å²) in [5.41, 5.74) is 10.9. The van der Waals surface area contributed by atoms with E-state index in [0.29, 0.717) is 160 Å². The summed E-state index contributed by atoms with van der Waals surface area (Å²) in [5, 5.41) is 28.7. The number of rotatable bonds is 30. The number of hydrogen-bond donors (Lipinski definition) is 8. The number of benzene rings is 8. The van der Waals surface area contributed by atoms with Gasteiger partial charge in [-0.15, -0.1) is 0 Å². The molecule has 6 aliphatic heterocycles. The Morgan fingerprint density at radius 3 is 1.37 bits per heavy atom. The molecule has 2 atom stereocenters. The molecule has 2 aromatic heterocycles. The van der Waals surface area contributed by atoms with Crippen LogP contribution in [-0.4, -0.2) is 269 Å². The van der Waals surface area contributed by atoms with Gasteiger partial charge in [0.05, 0.1) is 96.5 Å². The Kier molecular flexibility index (Phi) is 33.0. The smallest absolute Gasteiger partial charge is 0.327 e. The summed E-state index contributed by atoms with van der Waals surface area (Å²) in [7, 11) is 7.97. The molecule has 8 aromatic carbocycles. The molecule has 4 saturated heterocycles. The zero-order valence-electron chi connectivity index (χ0n) is 76.2. The molecule has 9 N–H and O–H groups in total. The lowest BCUT2D eigenvalue weighted by molar-refractivity contribution is -0.139. The summed E-state index contributed by atoms with van der Waals surface area (Å²) in [6.07, 6.45) is 4.04. The van der Waals surface area contributed by atoms with Gasteiger partial charge < -0.3 is 70.3 Å². The van der Waals surface area contributed by atoms with Gasteiger partial charge in [-0.3, -0.25) is 97.2 Å². The van der Waals surface area contributed by atoms with Gasteiger partial charge in [-0.1, -0.05) is 70.7 Å². The van der Waals surface area contributed by atoms with E-state index in [4.69, 9.17) is 87.0 Å². The lowest BCUT2D eigenvalue weighted by atomic mass is 9.91. The van der Waals surface area contributed by atoms with E-state index in [1.807, 2.05) is 53.4 Å². The van der Waals surface area contributed by atoms with Crippen LogP contribution in [0.15, 0.2) is 146 Å². The van der Waals surface area contributed by atoms with Gasteiger partial charge >= 0.3 is 12.0 Å². The van der Waals surface area contributed by atoms with Crippen molar-refractivity contribution in [2.75, 3.05) is 177 Å². The van der Waals surface area contributed by atoms with E-state index < -0.39 is 78.5 Å². The Hall–Kier alpha value is -14.4. The second kappa shape index (κ2) is 45.8. The number of carbonyl (C=O) groups excluding carboxylic acids is 11. The Morgan fingerprint density at radius 2 is 0.949 bits per heavy atom. The molecule has 718 valence electrons. The number of piperazine rings is 2. The van der Waals surface area contributed by atoms with Crippen molar-refractivity contribution in [1.82, 2.24) is 55.5 Å². The summed E-state index contributed by atoms with van der Waals surface area (Å²) in [4.78, 5) is 182. The Morgan fingerprint density at radius 1 is 0.533 bits per heavy atom. The van der Waals surface area contributed by atoms with Crippen molar-refractivity contribution < 1.29 is 96.8 Å². The van der Waals surface area contributed by atoms with E-state index in [1.54, 1.807) is 93.0 Å². The number of carboxylic acid groups (broad SMARTS) is 1. The van der Waals surface area contributed by atoms with Crippen LogP contribution in [-0.2, 0) is 40.0 Å². The highest BCUT2D eigenvalue weighted by atomic mass is 35.5. The minimum absolute atomic E-state index is 0.0257. The highest BCUT2D eigenvalue weighted by molar-refractivity contribution is 6.42. The van der Waals surface area contributed by atoms with Crippen LogP contribution in [0.4, 0.5) is 60.9 Å². The molecule has 6 aliphatic rings. The summed E-state index contributed by atoms with van der Waals surface area (Å²) in [5.74, 6) is -1.83. The first-order chi connectivity index (χ1) is 66.4. The number of nitrogens with one attached hydrogen (secondary N) is 6. The number of aliphatic carboxylic acids is 1. The number of likely N-dealkylation sites (N-methyl/N-ethyl adjacent to an activating group) is 1. The van der Waals surface area contributed by atoms with Crippen molar-refractivity contribution in [3.8, 4) is 34.5 Å². The SMILES string of the molecule is COc1cc(OC)c(Cl)c(CC(=O)N(C)c2cc(Nc3ccc(N4CCN(CC(=O)NCCCOc5cc6c7c(cccc7c5)C(=O)N(C5CCC(=O)NC5=O)C6=O)CC4)cc3)ncn2)c1Cl.COc1cc(OC)c(Cl)c(NC(=O)N(C)c2cc(Nc3ccc(N4CCN(CC(=O)O)CC4)cc3)ncn2)c1Cl.NCCCOc1cc2c3c(cccc3c1)C(=O)N(C1CCC(=O)NC1=O)C2=O.[2H]CF. The molecule has 43 heteroatoms. The van der Waals surface area contributed by atoms with Crippen LogP contribution in [0.3, 0.4) is 0 Å². The number of piperidine rings is 2. The Balaban J connectivity index is 0.000000190. The second-order valence-electron chi connectivity index (χ2n) is 31.8. The number of nitrogens with zero attached hydrogens (tertiary/aromatic N) is 12. The van der Waals surface area contributed by atoms with Gasteiger partial charge in [-0.05, 0) is 128 Å². The zero-order chi connectivity index (χ0) is 98.7. The number of aromatic nitrogens is 4. The number of carboxylic acids is 1. The van der Waals surface area contributed by atoms with Gasteiger partial charge in [0.2, 0.25) is 35.4 Å². The molecule has 137 heavy (non-hydrogen) atoms. The van der Waals surface area contributed by atoms with Crippen molar-refractivity contribution in [2.24, 2.45) is 5.73 Å².